The third kappa shape index (κ3) is 8.43. The zero-order chi connectivity index (χ0) is 29.6. The van der Waals surface area contributed by atoms with Gasteiger partial charge in [0.1, 0.15) is 24.2 Å². The van der Waals surface area contributed by atoms with Crippen molar-refractivity contribution in [3.05, 3.63) is 57.6 Å². The van der Waals surface area contributed by atoms with Crippen molar-refractivity contribution in [3.63, 3.8) is 0 Å². The van der Waals surface area contributed by atoms with E-state index in [1.54, 1.807) is 13.0 Å². The van der Waals surface area contributed by atoms with E-state index in [-0.39, 0.29) is 18.1 Å². The Morgan fingerprint density at radius 2 is 1.43 bits per heavy atom. The maximum absolute atomic E-state index is 12.1. The van der Waals surface area contributed by atoms with Gasteiger partial charge in [-0.2, -0.15) is 0 Å². The number of carbonyl (C=O) groups is 4. The van der Waals surface area contributed by atoms with Crippen LogP contribution < -0.4 is 4.74 Å². The number of ether oxygens (including phenoxy) is 6. The molecule has 1 N–H and O–H groups in total. The maximum Gasteiger partial charge on any atom is 0.303 e. The molecule has 1 heterocycles. The van der Waals surface area contributed by atoms with Crippen LogP contribution in [0.1, 0.15) is 44.4 Å². The molecule has 2 aromatic carbocycles. The molecule has 0 spiro atoms. The van der Waals surface area contributed by atoms with Crippen molar-refractivity contribution in [1.82, 2.24) is 0 Å². The Morgan fingerprint density at radius 3 is 2.00 bits per heavy atom. The van der Waals surface area contributed by atoms with E-state index >= 15 is 0 Å². The number of esters is 4. The Labute approximate surface area is 239 Å². The monoisotopic (exact) mass is 622 g/mol. The van der Waals surface area contributed by atoms with Crippen LogP contribution in [0, 0.1) is 6.92 Å². The fourth-order valence-corrected chi connectivity index (χ4v) is 4.58. The molecule has 12 heteroatoms. The number of hydrogen-bond acceptors (Lipinski definition) is 11. The van der Waals surface area contributed by atoms with Gasteiger partial charge in [-0.05, 0) is 36.2 Å². The molecule has 0 aromatic heterocycles. The average molecular weight is 623 g/mol. The number of halogens is 1. The van der Waals surface area contributed by atoms with Gasteiger partial charge in [-0.15, -0.1) is 0 Å². The van der Waals surface area contributed by atoms with Crippen LogP contribution in [0.5, 0.6) is 11.5 Å². The van der Waals surface area contributed by atoms with E-state index in [2.05, 4.69) is 15.9 Å². The van der Waals surface area contributed by atoms with Crippen LogP contribution in [0.3, 0.4) is 0 Å². The SMILES string of the molecule is CC(=O)OC[C@H]1O[C@@H](Oc2cc(O)cc(C)c2Cc2ccc(Br)cc2)[C@H](OC(C)=O)[C@@H](OC(C)=O)[C@@H]1OC(C)=O. The normalized spacial score (nSPS) is 22.1. The van der Waals surface area contributed by atoms with E-state index in [0.717, 1.165) is 30.8 Å². The third-order valence-corrected chi connectivity index (χ3v) is 6.43. The van der Waals surface area contributed by atoms with E-state index in [1.165, 1.54) is 13.0 Å². The Kier molecular flexibility index (Phi) is 10.5. The first-order valence-electron chi connectivity index (χ1n) is 12.4. The molecule has 40 heavy (non-hydrogen) atoms. The number of carbonyl (C=O) groups excluding carboxylic acids is 4. The highest BCUT2D eigenvalue weighted by atomic mass is 79.9. The molecule has 0 unspecified atom stereocenters. The summed E-state index contributed by atoms with van der Waals surface area (Å²) in [5, 5.41) is 10.4. The third-order valence-electron chi connectivity index (χ3n) is 5.90. The van der Waals surface area contributed by atoms with E-state index in [0.29, 0.717) is 17.5 Å². The lowest BCUT2D eigenvalue weighted by Gasteiger charge is -2.44. The summed E-state index contributed by atoms with van der Waals surface area (Å²) in [6.45, 7) is 6.02. The highest BCUT2D eigenvalue weighted by Crippen LogP contribution is 2.35. The molecule has 0 amide bonds. The fourth-order valence-electron chi connectivity index (χ4n) is 4.31. The van der Waals surface area contributed by atoms with Crippen molar-refractivity contribution < 1.29 is 52.7 Å². The minimum Gasteiger partial charge on any atom is -0.508 e. The first-order valence-corrected chi connectivity index (χ1v) is 13.2. The van der Waals surface area contributed by atoms with Gasteiger partial charge in [0.2, 0.25) is 12.4 Å². The van der Waals surface area contributed by atoms with Gasteiger partial charge in [0.15, 0.2) is 12.2 Å². The van der Waals surface area contributed by atoms with Crippen LogP contribution in [0.25, 0.3) is 0 Å². The second-order valence-electron chi connectivity index (χ2n) is 9.23. The molecule has 1 fully saturated rings. The standard InChI is InChI=1S/C28H31BrO11/c1-14-10-21(34)12-23(22(14)11-19-6-8-20(29)9-7-19)39-28-27(38-18(5)33)26(37-17(4)32)25(36-16(3)31)24(40-28)13-35-15(2)30/h6-10,12,24-28,34H,11,13H2,1-5H3/t24-,25-,26+,27-,28-/m1/s1. The molecule has 0 aliphatic carbocycles. The zero-order valence-electron chi connectivity index (χ0n) is 22.7. The Hall–Kier alpha value is -3.64. The van der Waals surface area contributed by atoms with Crippen LogP contribution in [0.15, 0.2) is 40.9 Å². The number of rotatable bonds is 9. The van der Waals surface area contributed by atoms with Crippen molar-refractivity contribution in [1.29, 1.82) is 0 Å². The van der Waals surface area contributed by atoms with Gasteiger partial charge < -0.3 is 33.5 Å². The molecule has 0 radical (unpaired) electrons. The van der Waals surface area contributed by atoms with E-state index in [1.807, 2.05) is 24.3 Å². The van der Waals surface area contributed by atoms with E-state index < -0.39 is 54.6 Å². The summed E-state index contributed by atoms with van der Waals surface area (Å²) in [7, 11) is 0. The van der Waals surface area contributed by atoms with Gasteiger partial charge in [0.25, 0.3) is 0 Å². The topological polar surface area (TPSA) is 144 Å². The van der Waals surface area contributed by atoms with Crippen molar-refractivity contribution in [3.8, 4) is 11.5 Å². The summed E-state index contributed by atoms with van der Waals surface area (Å²) in [6, 6.07) is 10.6. The summed E-state index contributed by atoms with van der Waals surface area (Å²) < 4.78 is 34.6. The van der Waals surface area contributed by atoms with E-state index in [9.17, 15) is 24.3 Å². The minimum absolute atomic E-state index is 0.0855. The molecule has 3 rings (SSSR count). The predicted octanol–water partition coefficient (Wildman–Crippen LogP) is 3.52. The maximum atomic E-state index is 12.1. The van der Waals surface area contributed by atoms with E-state index in [4.69, 9.17) is 28.4 Å². The van der Waals surface area contributed by atoms with Crippen molar-refractivity contribution >= 4 is 39.8 Å². The number of phenolic OH excluding ortho intramolecular Hbond substituents is 1. The molecule has 0 saturated carbocycles. The highest BCUT2D eigenvalue weighted by Gasteiger charge is 2.53. The highest BCUT2D eigenvalue weighted by molar-refractivity contribution is 9.10. The van der Waals surface area contributed by atoms with Crippen LogP contribution in [-0.2, 0) is 49.3 Å². The van der Waals surface area contributed by atoms with Crippen LogP contribution >= 0.6 is 15.9 Å². The lowest BCUT2D eigenvalue weighted by atomic mass is 9.97. The van der Waals surface area contributed by atoms with Gasteiger partial charge in [-0.3, -0.25) is 19.2 Å². The summed E-state index contributed by atoms with van der Waals surface area (Å²) >= 11 is 3.42. The molecule has 216 valence electrons. The largest absolute Gasteiger partial charge is 0.508 e. The Balaban J connectivity index is 2.06. The summed E-state index contributed by atoms with van der Waals surface area (Å²) in [5.41, 5.74) is 2.36. The van der Waals surface area contributed by atoms with Crippen molar-refractivity contribution in [2.75, 3.05) is 6.61 Å². The Bertz CT molecular complexity index is 1240. The number of benzene rings is 2. The molecule has 2 aromatic rings. The number of aryl methyl sites for hydroxylation is 1. The van der Waals surface area contributed by atoms with Crippen molar-refractivity contribution in [2.24, 2.45) is 0 Å². The molecule has 5 atom stereocenters. The fraction of sp³-hybridized carbons (Fsp3) is 0.429. The molecule has 11 nitrogen and oxygen atoms in total. The second kappa shape index (κ2) is 13.6. The quantitative estimate of drug-likeness (QED) is 0.324. The average Bonchev–Trinajstić information content (AvgIpc) is 2.84. The first-order chi connectivity index (χ1) is 18.8. The molecule has 1 aliphatic rings. The lowest BCUT2D eigenvalue weighted by Crippen LogP contribution is -2.63. The molecule has 1 saturated heterocycles. The summed E-state index contributed by atoms with van der Waals surface area (Å²) in [4.78, 5) is 47.7. The number of phenols is 1. The Morgan fingerprint density at radius 1 is 0.850 bits per heavy atom. The molecule has 1 aliphatic heterocycles. The van der Waals surface area contributed by atoms with Crippen LogP contribution in [0.4, 0.5) is 0 Å². The first kappa shape index (κ1) is 30.9. The minimum atomic E-state index is -1.43. The van der Waals surface area contributed by atoms with Gasteiger partial charge in [-0.1, -0.05) is 28.1 Å². The smallest absolute Gasteiger partial charge is 0.303 e. The van der Waals surface area contributed by atoms with Crippen molar-refractivity contribution in [2.45, 2.75) is 71.7 Å². The lowest BCUT2D eigenvalue weighted by molar-refractivity contribution is -0.288. The van der Waals surface area contributed by atoms with Gasteiger partial charge in [0.05, 0.1) is 0 Å². The molecule has 0 bridgehead atoms. The number of aromatic hydroxyl groups is 1. The number of hydrogen-bond donors (Lipinski definition) is 1. The molecular weight excluding hydrogens is 592 g/mol. The van der Waals surface area contributed by atoms with Crippen LogP contribution in [-0.4, -0.2) is 66.3 Å². The van der Waals surface area contributed by atoms with Gasteiger partial charge in [0, 0.05) is 50.2 Å². The van der Waals surface area contributed by atoms with Gasteiger partial charge >= 0.3 is 23.9 Å². The predicted molar refractivity (Wildman–Crippen MR) is 142 cm³/mol. The second-order valence-corrected chi connectivity index (χ2v) is 10.1. The van der Waals surface area contributed by atoms with Gasteiger partial charge in [-0.25, -0.2) is 0 Å². The molecular formula is C28H31BrO11. The van der Waals surface area contributed by atoms with Crippen LogP contribution in [0.2, 0.25) is 0 Å². The summed E-state index contributed by atoms with van der Waals surface area (Å²) in [6.07, 6.45) is -6.26. The summed E-state index contributed by atoms with van der Waals surface area (Å²) in [5.74, 6) is -2.75. The zero-order valence-corrected chi connectivity index (χ0v) is 24.3.